The molecule has 0 saturated carbocycles. The summed E-state index contributed by atoms with van der Waals surface area (Å²) in [5.74, 6) is -0.264. The highest BCUT2D eigenvalue weighted by atomic mass is 16.5. The molecular formula is C12H22N2O4. The van der Waals surface area contributed by atoms with Gasteiger partial charge in [-0.1, -0.05) is 0 Å². The fourth-order valence-corrected chi connectivity index (χ4v) is 2.09. The van der Waals surface area contributed by atoms with Crippen molar-refractivity contribution in [1.29, 1.82) is 0 Å². The van der Waals surface area contributed by atoms with Gasteiger partial charge in [-0.2, -0.15) is 0 Å². The molecule has 0 aliphatic carbocycles. The predicted molar refractivity (Wildman–Crippen MR) is 65.9 cm³/mol. The molecule has 2 atom stereocenters. The van der Waals surface area contributed by atoms with Gasteiger partial charge in [-0.3, -0.25) is 9.59 Å². The van der Waals surface area contributed by atoms with Crippen LogP contribution in [-0.4, -0.2) is 61.3 Å². The van der Waals surface area contributed by atoms with E-state index in [2.05, 4.69) is 5.32 Å². The van der Waals surface area contributed by atoms with Crippen molar-refractivity contribution in [2.45, 2.75) is 25.9 Å². The molecule has 0 aromatic rings. The number of hydrogen-bond acceptors (Lipinski definition) is 4. The smallest absolute Gasteiger partial charge is 0.224 e. The van der Waals surface area contributed by atoms with Gasteiger partial charge in [-0.15, -0.1) is 0 Å². The van der Waals surface area contributed by atoms with Crippen molar-refractivity contribution in [3.05, 3.63) is 0 Å². The number of ether oxygens (including phenoxy) is 1. The van der Waals surface area contributed by atoms with Gasteiger partial charge in [0.25, 0.3) is 0 Å². The van der Waals surface area contributed by atoms with Crippen LogP contribution in [0.2, 0.25) is 0 Å². The number of rotatable bonds is 5. The van der Waals surface area contributed by atoms with E-state index in [9.17, 15) is 14.7 Å². The van der Waals surface area contributed by atoms with Crippen LogP contribution in [0.25, 0.3) is 0 Å². The average molecular weight is 258 g/mol. The summed E-state index contributed by atoms with van der Waals surface area (Å²) in [6, 6.07) is 0. The zero-order valence-corrected chi connectivity index (χ0v) is 11.0. The molecule has 1 fully saturated rings. The lowest BCUT2D eigenvalue weighted by molar-refractivity contribution is -0.134. The van der Waals surface area contributed by atoms with Gasteiger partial charge >= 0.3 is 0 Å². The Kier molecular flexibility index (Phi) is 6.07. The number of nitrogens with zero attached hydrogens (tertiary/aromatic N) is 1. The average Bonchev–Trinajstić information content (AvgIpc) is 2.36. The van der Waals surface area contributed by atoms with E-state index in [1.165, 1.54) is 14.0 Å². The highest BCUT2D eigenvalue weighted by Crippen LogP contribution is 2.16. The molecule has 1 heterocycles. The third-order valence-corrected chi connectivity index (χ3v) is 3.11. The van der Waals surface area contributed by atoms with Crippen LogP contribution < -0.4 is 5.32 Å². The Morgan fingerprint density at radius 1 is 1.56 bits per heavy atom. The molecule has 0 aromatic carbocycles. The number of carbonyl (C=O) groups is 2. The molecule has 1 rings (SSSR count). The van der Waals surface area contributed by atoms with Crippen molar-refractivity contribution in [3.63, 3.8) is 0 Å². The molecule has 2 amide bonds. The summed E-state index contributed by atoms with van der Waals surface area (Å²) in [7, 11) is 1.50. The highest BCUT2D eigenvalue weighted by Gasteiger charge is 2.26. The van der Waals surface area contributed by atoms with Gasteiger partial charge in [0.2, 0.25) is 11.8 Å². The fourth-order valence-electron chi connectivity index (χ4n) is 2.09. The Bertz CT molecular complexity index is 296. The maximum atomic E-state index is 11.9. The molecule has 6 heteroatoms. The number of amides is 2. The van der Waals surface area contributed by atoms with Crippen LogP contribution in [0.5, 0.6) is 0 Å². The minimum absolute atomic E-state index is 0.00641. The van der Waals surface area contributed by atoms with Gasteiger partial charge < -0.3 is 20.1 Å². The van der Waals surface area contributed by atoms with Crippen LogP contribution in [0, 0.1) is 5.92 Å². The largest absolute Gasteiger partial charge is 0.389 e. The van der Waals surface area contributed by atoms with Gasteiger partial charge in [0.1, 0.15) is 0 Å². The first kappa shape index (κ1) is 14.9. The Morgan fingerprint density at radius 3 is 2.89 bits per heavy atom. The summed E-state index contributed by atoms with van der Waals surface area (Å²) >= 11 is 0. The normalized spacial score (nSPS) is 21.5. The second-order valence-electron chi connectivity index (χ2n) is 4.66. The molecule has 0 radical (unpaired) electrons. The van der Waals surface area contributed by atoms with Crippen LogP contribution >= 0.6 is 0 Å². The van der Waals surface area contributed by atoms with E-state index in [4.69, 9.17) is 4.74 Å². The van der Waals surface area contributed by atoms with Gasteiger partial charge in [-0.05, 0) is 12.8 Å². The number of aliphatic hydroxyl groups is 1. The van der Waals surface area contributed by atoms with Gasteiger partial charge in [0, 0.05) is 33.7 Å². The van der Waals surface area contributed by atoms with Crippen molar-refractivity contribution in [2.24, 2.45) is 5.92 Å². The van der Waals surface area contributed by atoms with Crippen molar-refractivity contribution in [3.8, 4) is 0 Å². The number of likely N-dealkylation sites (tertiary alicyclic amines) is 1. The monoisotopic (exact) mass is 258 g/mol. The lowest BCUT2D eigenvalue weighted by atomic mass is 9.97. The molecular weight excluding hydrogens is 236 g/mol. The van der Waals surface area contributed by atoms with E-state index >= 15 is 0 Å². The highest BCUT2D eigenvalue weighted by molar-refractivity contribution is 5.80. The van der Waals surface area contributed by atoms with Crippen molar-refractivity contribution < 1.29 is 19.4 Å². The molecule has 1 aliphatic rings. The molecule has 1 aliphatic heterocycles. The summed E-state index contributed by atoms with van der Waals surface area (Å²) in [5.41, 5.74) is 0. The molecule has 2 unspecified atom stereocenters. The second kappa shape index (κ2) is 7.33. The zero-order valence-electron chi connectivity index (χ0n) is 11.0. The van der Waals surface area contributed by atoms with Crippen LogP contribution in [0.4, 0.5) is 0 Å². The molecule has 104 valence electrons. The van der Waals surface area contributed by atoms with Crippen molar-refractivity contribution >= 4 is 11.8 Å². The second-order valence-corrected chi connectivity index (χ2v) is 4.66. The summed E-state index contributed by atoms with van der Waals surface area (Å²) in [6.45, 7) is 3.10. The van der Waals surface area contributed by atoms with Crippen LogP contribution in [0.1, 0.15) is 19.8 Å². The summed E-state index contributed by atoms with van der Waals surface area (Å²) in [6.07, 6.45) is 0.945. The van der Waals surface area contributed by atoms with Gasteiger partial charge in [0.15, 0.2) is 0 Å². The molecule has 1 saturated heterocycles. The summed E-state index contributed by atoms with van der Waals surface area (Å²) in [5, 5.41) is 12.1. The van der Waals surface area contributed by atoms with Crippen LogP contribution in [0.3, 0.4) is 0 Å². The minimum atomic E-state index is -0.688. The quantitative estimate of drug-likeness (QED) is 0.688. The molecule has 0 aromatic heterocycles. The number of piperidine rings is 1. The third-order valence-electron chi connectivity index (χ3n) is 3.11. The number of aliphatic hydroxyl groups excluding tert-OH is 1. The SMILES string of the molecule is COCC(O)CNC(=O)C1CCCN(C(C)=O)C1. The van der Waals surface area contributed by atoms with E-state index in [-0.39, 0.29) is 30.9 Å². The molecule has 0 bridgehead atoms. The Balaban J connectivity index is 2.34. The Morgan fingerprint density at radius 2 is 2.28 bits per heavy atom. The third kappa shape index (κ3) is 4.62. The first-order valence-electron chi connectivity index (χ1n) is 6.24. The van der Waals surface area contributed by atoms with Crippen molar-refractivity contribution in [1.82, 2.24) is 10.2 Å². The predicted octanol–water partition coefficient (Wildman–Crippen LogP) is -0.632. The molecule has 2 N–H and O–H groups in total. The summed E-state index contributed by atoms with van der Waals surface area (Å²) in [4.78, 5) is 24.8. The number of hydrogen-bond donors (Lipinski definition) is 2. The molecule has 0 spiro atoms. The first-order valence-corrected chi connectivity index (χ1v) is 6.24. The Hall–Kier alpha value is -1.14. The fraction of sp³-hybridized carbons (Fsp3) is 0.833. The first-order chi connectivity index (χ1) is 8.54. The van der Waals surface area contributed by atoms with E-state index in [1.807, 2.05) is 0 Å². The van der Waals surface area contributed by atoms with E-state index in [0.717, 1.165) is 19.4 Å². The number of methoxy groups -OCH3 is 1. The van der Waals surface area contributed by atoms with Gasteiger partial charge in [-0.25, -0.2) is 0 Å². The number of nitrogens with one attached hydrogen (secondary N) is 1. The van der Waals surface area contributed by atoms with E-state index in [1.54, 1.807) is 4.90 Å². The maximum absolute atomic E-state index is 11.9. The maximum Gasteiger partial charge on any atom is 0.224 e. The van der Waals surface area contributed by atoms with Gasteiger partial charge in [0.05, 0.1) is 18.6 Å². The van der Waals surface area contributed by atoms with E-state index in [0.29, 0.717) is 6.54 Å². The standard InChI is InChI=1S/C12H22N2O4/c1-9(15)14-5-3-4-10(7-14)12(17)13-6-11(16)8-18-2/h10-11,16H,3-8H2,1-2H3,(H,13,17). The molecule has 6 nitrogen and oxygen atoms in total. The Labute approximate surface area is 107 Å². The van der Waals surface area contributed by atoms with Crippen LogP contribution in [-0.2, 0) is 14.3 Å². The van der Waals surface area contributed by atoms with E-state index < -0.39 is 6.10 Å². The van der Waals surface area contributed by atoms with Crippen molar-refractivity contribution in [2.75, 3.05) is 33.4 Å². The molecule has 18 heavy (non-hydrogen) atoms. The lowest BCUT2D eigenvalue weighted by Gasteiger charge is -2.31. The topological polar surface area (TPSA) is 78.9 Å². The summed E-state index contributed by atoms with van der Waals surface area (Å²) < 4.78 is 4.78. The van der Waals surface area contributed by atoms with Crippen LogP contribution in [0.15, 0.2) is 0 Å². The minimum Gasteiger partial charge on any atom is -0.389 e. The lowest BCUT2D eigenvalue weighted by Crippen LogP contribution is -2.46. The zero-order chi connectivity index (χ0) is 13.5. The number of carbonyl (C=O) groups excluding carboxylic acids is 2.